The number of nitrogens with one attached hydrogen (secondary N) is 1. The van der Waals surface area contributed by atoms with E-state index >= 15 is 0 Å². The van der Waals surface area contributed by atoms with Crippen molar-refractivity contribution in [2.75, 3.05) is 19.8 Å². The summed E-state index contributed by atoms with van der Waals surface area (Å²) in [6.45, 7) is 7.15. The SMILES string of the molecule is CCn1ccnc1CC(C)(O)CC1COCCN1. The van der Waals surface area contributed by atoms with E-state index in [0.29, 0.717) is 19.4 Å². The fraction of sp³-hybridized carbons (Fsp3) is 0.769. The van der Waals surface area contributed by atoms with Crippen molar-refractivity contribution in [3.05, 3.63) is 18.2 Å². The minimum absolute atomic E-state index is 0.235. The number of aryl methyl sites for hydroxylation is 1. The van der Waals surface area contributed by atoms with Gasteiger partial charge in [0, 0.05) is 37.9 Å². The van der Waals surface area contributed by atoms with E-state index in [9.17, 15) is 5.11 Å². The fourth-order valence-electron chi connectivity index (χ4n) is 2.49. The van der Waals surface area contributed by atoms with E-state index < -0.39 is 5.60 Å². The molecule has 5 heteroatoms. The molecule has 0 spiro atoms. The fourth-order valence-corrected chi connectivity index (χ4v) is 2.49. The molecule has 1 saturated heterocycles. The molecule has 1 aromatic heterocycles. The van der Waals surface area contributed by atoms with Gasteiger partial charge < -0.3 is 19.7 Å². The van der Waals surface area contributed by atoms with Crippen molar-refractivity contribution in [3.8, 4) is 0 Å². The lowest BCUT2D eigenvalue weighted by atomic mass is 9.93. The Labute approximate surface area is 108 Å². The second-order valence-corrected chi connectivity index (χ2v) is 5.23. The van der Waals surface area contributed by atoms with Crippen LogP contribution in [-0.4, -0.2) is 46.1 Å². The van der Waals surface area contributed by atoms with Crippen LogP contribution in [0.2, 0.25) is 0 Å². The molecule has 1 aliphatic heterocycles. The number of aliphatic hydroxyl groups is 1. The standard InChI is InChI=1S/C13H23N3O2/c1-3-16-6-4-15-12(16)9-13(2,17)8-11-10-18-7-5-14-11/h4,6,11,14,17H,3,5,7-10H2,1-2H3. The van der Waals surface area contributed by atoms with Crippen molar-refractivity contribution in [3.63, 3.8) is 0 Å². The van der Waals surface area contributed by atoms with Gasteiger partial charge in [0.1, 0.15) is 5.82 Å². The molecule has 5 nitrogen and oxygen atoms in total. The van der Waals surface area contributed by atoms with Gasteiger partial charge >= 0.3 is 0 Å². The zero-order valence-electron chi connectivity index (χ0n) is 11.2. The summed E-state index contributed by atoms with van der Waals surface area (Å²) in [5.74, 6) is 0.944. The van der Waals surface area contributed by atoms with Crippen LogP contribution in [0, 0.1) is 0 Å². The zero-order chi connectivity index (χ0) is 13.0. The molecule has 0 radical (unpaired) electrons. The lowest BCUT2D eigenvalue weighted by Crippen LogP contribution is -2.46. The van der Waals surface area contributed by atoms with Crippen molar-refractivity contribution < 1.29 is 9.84 Å². The van der Waals surface area contributed by atoms with Gasteiger partial charge in [-0.05, 0) is 20.3 Å². The Bertz CT molecular complexity index is 370. The van der Waals surface area contributed by atoms with Crippen LogP contribution in [0.4, 0.5) is 0 Å². The van der Waals surface area contributed by atoms with E-state index in [-0.39, 0.29) is 6.04 Å². The smallest absolute Gasteiger partial charge is 0.111 e. The minimum Gasteiger partial charge on any atom is -0.390 e. The van der Waals surface area contributed by atoms with Crippen molar-refractivity contribution in [1.82, 2.24) is 14.9 Å². The van der Waals surface area contributed by atoms with Crippen LogP contribution in [0.25, 0.3) is 0 Å². The number of morpholine rings is 1. The van der Waals surface area contributed by atoms with E-state index in [2.05, 4.69) is 21.8 Å². The van der Waals surface area contributed by atoms with E-state index in [1.165, 1.54) is 0 Å². The molecule has 1 fully saturated rings. The van der Waals surface area contributed by atoms with Gasteiger partial charge in [0.25, 0.3) is 0 Å². The quantitative estimate of drug-likeness (QED) is 0.805. The summed E-state index contributed by atoms with van der Waals surface area (Å²) in [4.78, 5) is 4.32. The Kier molecular flexibility index (Phi) is 4.37. The first-order valence-corrected chi connectivity index (χ1v) is 6.64. The van der Waals surface area contributed by atoms with Gasteiger partial charge in [-0.3, -0.25) is 0 Å². The molecular formula is C13H23N3O2. The van der Waals surface area contributed by atoms with E-state index in [1.54, 1.807) is 6.20 Å². The third-order valence-corrected chi connectivity index (χ3v) is 3.37. The summed E-state index contributed by atoms with van der Waals surface area (Å²) in [6, 6.07) is 0.235. The molecule has 18 heavy (non-hydrogen) atoms. The molecule has 1 aromatic rings. The predicted molar refractivity (Wildman–Crippen MR) is 69.5 cm³/mol. The number of imidazole rings is 1. The highest BCUT2D eigenvalue weighted by Crippen LogP contribution is 2.19. The molecule has 0 aromatic carbocycles. The maximum absolute atomic E-state index is 10.5. The van der Waals surface area contributed by atoms with Gasteiger partial charge in [-0.1, -0.05) is 0 Å². The van der Waals surface area contributed by atoms with E-state index in [4.69, 9.17) is 4.74 Å². The van der Waals surface area contributed by atoms with Crippen LogP contribution in [0.5, 0.6) is 0 Å². The number of hydrogen-bond donors (Lipinski definition) is 2. The average molecular weight is 253 g/mol. The summed E-state index contributed by atoms with van der Waals surface area (Å²) in [7, 11) is 0. The van der Waals surface area contributed by atoms with Crippen molar-refractivity contribution in [1.29, 1.82) is 0 Å². The van der Waals surface area contributed by atoms with Gasteiger partial charge in [-0.15, -0.1) is 0 Å². The van der Waals surface area contributed by atoms with Gasteiger partial charge in [0.15, 0.2) is 0 Å². The van der Waals surface area contributed by atoms with Crippen LogP contribution < -0.4 is 5.32 Å². The molecular weight excluding hydrogens is 230 g/mol. The molecule has 2 N–H and O–H groups in total. The Morgan fingerprint density at radius 2 is 2.50 bits per heavy atom. The molecule has 0 amide bonds. The molecule has 2 unspecified atom stereocenters. The third kappa shape index (κ3) is 3.54. The number of aromatic nitrogens is 2. The summed E-state index contributed by atoms with van der Waals surface area (Å²) in [5.41, 5.74) is -0.753. The Hall–Kier alpha value is -0.910. The van der Waals surface area contributed by atoms with Crippen molar-refractivity contribution in [2.24, 2.45) is 0 Å². The summed E-state index contributed by atoms with van der Waals surface area (Å²) >= 11 is 0. The average Bonchev–Trinajstić information content (AvgIpc) is 2.76. The van der Waals surface area contributed by atoms with Crippen LogP contribution in [-0.2, 0) is 17.7 Å². The van der Waals surface area contributed by atoms with Gasteiger partial charge in [-0.25, -0.2) is 4.98 Å². The number of hydrogen-bond acceptors (Lipinski definition) is 4. The van der Waals surface area contributed by atoms with Crippen molar-refractivity contribution >= 4 is 0 Å². The first-order chi connectivity index (χ1) is 8.61. The van der Waals surface area contributed by atoms with Crippen LogP contribution in [0.15, 0.2) is 12.4 Å². The van der Waals surface area contributed by atoms with Gasteiger partial charge in [0.2, 0.25) is 0 Å². The Balaban J connectivity index is 1.93. The molecule has 102 valence electrons. The van der Waals surface area contributed by atoms with Crippen molar-refractivity contribution in [2.45, 2.75) is 44.9 Å². The topological polar surface area (TPSA) is 59.3 Å². The first kappa shape index (κ1) is 13.5. The van der Waals surface area contributed by atoms with E-state index in [1.807, 2.05) is 13.1 Å². The maximum Gasteiger partial charge on any atom is 0.111 e. The highest BCUT2D eigenvalue weighted by Gasteiger charge is 2.28. The van der Waals surface area contributed by atoms with Gasteiger partial charge in [0.05, 0.1) is 18.8 Å². The monoisotopic (exact) mass is 253 g/mol. The molecule has 0 saturated carbocycles. The highest BCUT2D eigenvalue weighted by molar-refractivity contribution is 4.98. The molecule has 1 aliphatic rings. The predicted octanol–water partition coefficient (Wildman–Crippen LogP) is 0.575. The molecule has 2 heterocycles. The largest absolute Gasteiger partial charge is 0.390 e. The van der Waals surface area contributed by atoms with Crippen LogP contribution >= 0.6 is 0 Å². The normalized spacial score (nSPS) is 23.8. The zero-order valence-corrected chi connectivity index (χ0v) is 11.2. The third-order valence-electron chi connectivity index (χ3n) is 3.37. The van der Waals surface area contributed by atoms with Gasteiger partial charge in [-0.2, -0.15) is 0 Å². The summed E-state index contributed by atoms with van der Waals surface area (Å²) in [6.07, 6.45) is 5.00. The Morgan fingerprint density at radius 3 is 3.17 bits per heavy atom. The molecule has 0 bridgehead atoms. The highest BCUT2D eigenvalue weighted by atomic mass is 16.5. The minimum atomic E-state index is -0.753. The second-order valence-electron chi connectivity index (χ2n) is 5.23. The molecule has 0 aliphatic carbocycles. The lowest BCUT2D eigenvalue weighted by molar-refractivity contribution is 0.00495. The summed E-state index contributed by atoms with van der Waals surface area (Å²) < 4.78 is 7.48. The lowest BCUT2D eigenvalue weighted by Gasteiger charge is -2.31. The Morgan fingerprint density at radius 1 is 1.67 bits per heavy atom. The van der Waals surface area contributed by atoms with Crippen LogP contribution in [0.3, 0.4) is 0 Å². The molecule has 2 atom stereocenters. The number of rotatable bonds is 5. The maximum atomic E-state index is 10.5. The molecule has 2 rings (SSSR count). The first-order valence-electron chi connectivity index (χ1n) is 6.64. The summed E-state index contributed by atoms with van der Waals surface area (Å²) in [5, 5.41) is 13.9. The van der Waals surface area contributed by atoms with E-state index in [0.717, 1.165) is 25.5 Å². The number of nitrogens with zero attached hydrogens (tertiary/aromatic N) is 2. The van der Waals surface area contributed by atoms with Crippen LogP contribution in [0.1, 0.15) is 26.1 Å². The second kappa shape index (κ2) is 5.82. The number of ether oxygens (including phenoxy) is 1.